The van der Waals surface area contributed by atoms with Gasteiger partial charge in [-0.15, -0.1) is 0 Å². The van der Waals surface area contributed by atoms with Gasteiger partial charge in [0, 0.05) is 35.6 Å². The van der Waals surface area contributed by atoms with Crippen LogP contribution in [0.1, 0.15) is 0 Å². The smallest absolute Gasteiger partial charge is 0.323 e. The fraction of sp³-hybridized carbons (Fsp3) is 0.235. The van der Waals surface area contributed by atoms with Gasteiger partial charge in [0.25, 0.3) is 11.4 Å². The second-order valence-corrected chi connectivity index (χ2v) is 6.88. The highest BCUT2D eigenvalue weighted by Crippen LogP contribution is 2.19. The predicted molar refractivity (Wildman–Crippen MR) is 103 cm³/mol. The Morgan fingerprint density at radius 2 is 1.14 bits per heavy atom. The second kappa shape index (κ2) is 10.8. The quantitative estimate of drug-likeness (QED) is 0.429. The molecule has 0 spiro atoms. The van der Waals surface area contributed by atoms with E-state index in [-0.39, 0.29) is 35.2 Å². The van der Waals surface area contributed by atoms with E-state index in [9.17, 15) is 25.0 Å². The molecule has 0 saturated carbocycles. The fourth-order valence-electron chi connectivity index (χ4n) is 1.69. The second-order valence-electron chi connectivity index (χ2n) is 6.88. The number of halogens is 1. The van der Waals surface area contributed by atoms with Crippen LogP contribution in [0, 0.1) is 20.2 Å². The van der Waals surface area contributed by atoms with E-state index in [0.29, 0.717) is 0 Å². The molecule has 28 heavy (non-hydrogen) atoms. The number of carbonyl (C=O) groups excluding carboxylic acids is 1. The molecule has 2 amide bonds. The zero-order valence-electron chi connectivity index (χ0n) is 15.9. The summed E-state index contributed by atoms with van der Waals surface area (Å²) in [5.41, 5.74) is 0.149. The Balaban J connectivity index is 0.00000108. The Bertz CT molecular complexity index is 771. The Kier molecular flexibility index (Phi) is 9.55. The van der Waals surface area contributed by atoms with Crippen LogP contribution in [0.4, 0.5) is 27.5 Å². The highest BCUT2D eigenvalue weighted by molar-refractivity contribution is 6.00. The molecule has 0 aliphatic carbocycles. The maximum Gasteiger partial charge on any atom is 0.323 e. The van der Waals surface area contributed by atoms with E-state index in [2.05, 4.69) is 38.8 Å². The van der Waals surface area contributed by atoms with Gasteiger partial charge in [0.15, 0.2) is 0 Å². The summed E-state index contributed by atoms with van der Waals surface area (Å²) in [5, 5.41) is 26.1. The molecule has 0 saturated heterocycles. The number of hydrogen-bond donors (Lipinski definition) is 2. The SMILES string of the molecule is C[N+](C)(C)C.O=C(Nc1cccc([N+](=O)[O-])c1)Nc1cccc([N+](=O)[O-])c1.[Cl-]. The van der Waals surface area contributed by atoms with Crippen molar-refractivity contribution in [1.82, 2.24) is 0 Å². The molecule has 2 rings (SSSR count). The minimum absolute atomic E-state index is 0. The zero-order valence-corrected chi connectivity index (χ0v) is 16.6. The lowest BCUT2D eigenvalue weighted by Crippen LogP contribution is -3.00. The van der Waals surface area contributed by atoms with Crippen molar-refractivity contribution in [2.24, 2.45) is 0 Å². The van der Waals surface area contributed by atoms with Crippen LogP contribution < -0.4 is 23.0 Å². The summed E-state index contributed by atoms with van der Waals surface area (Å²) in [6.45, 7) is 0. The van der Waals surface area contributed by atoms with Crippen LogP contribution in [0.2, 0.25) is 0 Å². The summed E-state index contributed by atoms with van der Waals surface area (Å²) < 4.78 is 1.00. The van der Waals surface area contributed by atoms with E-state index in [1.54, 1.807) is 0 Å². The first-order valence-corrected chi connectivity index (χ1v) is 7.81. The first-order valence-electron chi connectivity index (χ1n) is 7.81. The van der Waals surface area contributed by atoms with Crippen molar-refractivity contribution in [2.75, 3.05) is 38.8 Å². The number of benzene rings is 2. The molecule has 2 N–H and O–H groups in total. The number of urea groups is 1. The number of amides is 2. The van der Waals surface area contributed by atoms with Gasteiger partial charge in [0.2, 0.25) is 0 Å². The van der Waals surface area contributed by atoms with Gasteiger partial charge in [-0.2, -0.15) is 0 Å². The van der Waals surface area contributed by atoms with Gasteiger partial charge >= 0.3 is 6.03 Å². The summed E-state index contributed by atoms with van der Waals surface area (Å²) in [6.07, 6.45) is 0. The minimum Gasteiger partial charge on any atom is -1.00 e. The summed E-state index contributed by atoms with van der Waals surface area (Å²) in [4.78, 5) is 31.9. The van der Waals surface area contributed by atoms with Gasteiger partial charge in [-0.3, -0.25) is 20.2 Å². The maximum absolute atomic E-state index is 11.8. The van der Waals surface area contributed by atoms with Crippen LogP contribution in [0.3, 0.4) is 0 Å². The van der Waals surface area contributed by atoms with Crippen molar-refractivity contribution in [3.8, 4) is 0 Å². The molecule has 0 unspecified atom stereocenters. The van der Waals surface area contributed by atoms with Gasteiger partial charge in [0.1, 0.15) is 0 Å². The molecule has 0 atom stereocenters. The number of nitro groups is 2. The van der Waals surface area contributed by atoms with Gasteiger partial charge in [0.05, 0.1) is 38.0 Å². The van der Waals surface area contributed by atoms with E-state index in [4.69, 9.17) is 0 Å². The van der Waals surface area contributed by atoms with Crippen molar-refractivity contribution < 1.29 is 31.5 Å². The number of nitro benzene ring substituents is 2. The topological polar surface area (TPSA) is 127 Å². The first kappa shape index (κ1) is 24.8. The highest BCUT2D eigenvalue weighted by atomic mass is 35.5. The zero-order chi connectivity index (χ0) is 20.6. The average Bonchev–Trinajstić information content (AvgIpc) is 2.53. The van der Waals surface area contributed by atoms with Gasteiger partial charge in [-0.25, -0.2) is 4.79 Å². The van der Waals surface area contributed by atoms with Crippen LogP contribution in [-0.4, -0.2) is 48.6 Å². The van der Waals surface area contributed by atoms with E-state index < -0.39 is 15.9 Å². The first-order chi connectivity index (χ1) is 12.5. The predicted octanol–water partition coefficient (Wildman–Crippen LogP) is 0.473. The molecule has 0 radical (unpaired) electrons. The van der Waals surface area contributed by atoms with Gasteiger partial charge in [-0.05, 0) is 12.1 Å². The number of quaternary nitrogens is 1. The Hall–Kier alpha value is -3.24. The van der Waals surface area contributed by atoms with Crippen molar-refractivity contribution in [3.63, 3.8) is 0 Å². The fourth-order valence-corrected chi connectivity index (χ4v) is 1.69. The molecule has 10 nitrogen and oxygen atoms in total. The van der Waals surface area contributed by atoms with E-state index >= 15 is 0 Å². The molecule has 2 aromatic carbocycles. The number of anilines is 2. The van der Waals surface area contributed by atoms with E-state index in [0.717, 1.165) is 4.48 Å². The van der Waals surface area contributed by atoms with Crippen LogP contribution in [0.5, 0.6) is 0 Å². The van der Waals surface area contributed by atoms with Crippen molar-refractivity contribution >= 4 is 28.8 Å². The maximum atomic E-state index is 11.8. The van der Waals surface area contributed by atoms with Crippen LogP contribution in [0.15, 0.2) is 48.5 Å². The van der Waals surface area contributed by atoms with Crippen molar-refractivity contribution in [2.45, 2.75) is 0 Å². The lowest BCUT2D eigenvalue weighted by atomic mass is 10.3. The van der Waals surface area contributed by atoms with Gasteiger partial charge in [-0.1, -0.05) is 12.1 Å². The number of carbonyl (C=O) groups is 1. The molecule has 0 aliphatic rings. The molecule has 11 heteroatoms. The molecule has 2 aromatic rings. The number of rotatable bonds is 4. The number of non-ortho nitro benzene ring substituents is 2. The third-order valence-electron chi connectivity index (χ3n) is 2.63. The van der Waals surface area contributed by atoms with E-state index in [1.807, 2.05) is 0 Å². The van der Waals surface area contributed by atoms with Crippen LogP contribution in [0.25, 0.3) is 0 Å². The summed E-state index contributed by atoms with van der Waals surface area (Å²) in [5.74, 6) is 0. The molecule has 0 aromatic heterocycles. The standard InChI is InChI=1S/C13H10N4O5.C4H12N.ClH/c18-13(14-9-3-1-5-11(7-9)16(19)20)15-10-4-2-6-12(8-10)17(21)22;1-5(2,3)4;/h1-8H,(H2,14,15,18);1-4H3;1H/q;+1;/p-1. The Morgan fingerprint density at radius 1 is 0.821 bits per heavy atom. The normalized spacial score (nSPS) is 9.86. The van der Waals surface area contributed by atoms with Crippen molar-refractivity contribution in [1.29, 1.82) is 0 Å². The molecular weight excluding hydrogens is 390 g/mol. The highest BCUT2D eigenvalue weighted by Gasteiger charge is 2.10. The molecule has 152 valence electrons. The molecular formula is C17H22ClN5O5. The Morgan fingerprint density at radius 3 is 1.43 bits per heavy atom. The molecule has 0 aliphatic heterocycles. The monoisotopic (exact) mass is 411 g/mol. The largest absolute Gasteiger partial charge is 1.00 e. The minimum atomic E-state index is -0.666. The summed E-state index contributed by atoms with van der Waals surface area (Å²) >= 11 is 0. The summed E-state index contributed by atoms with van der Waals surface area (Å²) in [6, 6.07) is 10.2. The van der Waals surface area contributed by atoms with Crippen molar-refractivity contribution in [3.05, 3.63) is 68.8 Å². The lowest BCUT2D eigenvalue weighted by molar-refractivity contribution is -0.849. The Labute approximate surface area is 168 Å². The average molecular weight is 412 g/mol. The van der Waals surface area contributed by atoms with Gasteiger partial charge < -0.3 is 27.5 Å². The number of nitrogens with one attached hydrogen (secondary N) is 2. The third kappa shape index (κ3) is 10.0. The molecule has 0 bridgehead atoms. The molecule has 0 heterocycles. The number of hydrogen-bond acceptors (Lipinski definition) is 5. The van der Waals surface area contributed by atoms with Crippen LogP contribution in [-0.2, 0) is 0 Å². The lowest BCUT2D eigenvalue weighted by Gasteiger charge is -2.14. The third-order valence-corrected chi connectivity index (χ3v) is 2.63. The number of nitrogens with zero attached hydrogens (tertiary/aromatic N) is 3. The van der Waals surface area contributed by atoms with Crippen LogP contribution >= 0.6 is 0 Å². The molecule has 0 fully saturated rings. The van der Waals surface area contributed by atoms with E-state index in [1.165, 1.54) is 48.5 Å². The summed E-state index contributed by atoms with van der Waals surface area (Å²) in [7, 11) is 8.50.